The Labute approximate surface area is 114 Å². The monoisotopic (exact) mass is 290 g/mol. The number of rotatable bonds is 3. The third-order valence-corrected chi connectivity index (χ3v) is 3.24. The molecule has 19 heavy (non-hydrogen) atoms. The Hall–Kier alpha value is -0.890. The molecule has 1 saturated heterocycles. The van der Waals surface area contributed by atoms with Gasteiger partial charge < -0.3 is 29.9 Å². The Balaban J connectivity index is 2.13. The maximum absolute atomic E-state index is 9.79. The first-order valence-corrected chi connectivity index (χ1v) is 6.14. The second-order valence-electron chi connectivity index (χ2n) is 4.25. The van der Waals surface area contributed by atoms with Crippen molar-refractivity contribution in [2.24, 2.45) is 0 Å². The highest BCUT2D eigenvalue weighted by molar-refractivity contribution is 6.32. The summed E-state index contributed by atoms with van der Waals surface area (Å²) in [5.74, 6) is 0.272. The van der Waals surface area contributed by atoms with Crippen molar-refractivity contribution in [3.63, 3.8) is 0 Å². The molecule has 0 aliphatic carbocycles. The van der Waals surface area contributed by atoms with Crippen molar-refractivity contribution in [2.45, 2.75) is 30.7 Å². The third kappa shape index (κ3) is 3.00. The van der Waals surface area contributed by atoms with Gasteiger partial charge in [0, 0.05) is 0 Å². The average molecular weight is 291 g/mol. The van der Waals surface area contributed by atoms with Crippen LogP contribution in [0.25, 0.3) is 0 Å². The van der Waals surface area contributed by atoms with Crippen molar-refractivity contribution in [2.75, 3.05) is 6.61 Å². The van der Waals surface area contributed by atoms with Crippen LogP contribution < -0.4 is 4.74 Å². The van der Waals surface area contributed by atoms with E-state index >= 15 is 0 Å². The second-order valence-corrected chi connectivity index (χ2v) is 4.65. The minimum atomic E-state index is -1.47. The highest BCUT2D eigenvalue weighted by Crippen LogP contribution is 2.28. The van der Waals surface area contributed by atoms with Gasteiger partial charge in [0.2, 0.25) is 6.29 Å². The summed E-state index contributed by atoms with van der Waals surface area (Å²) in [6.45, 7) is -0.507. The summed E-state index contributed by atoms with van der Waals surface area (Å²) < 4.78 is 10.6. The van der Waals surface area contributed by atoms with Crippen molar-refractivity contribution in [1.29, 1.82) is 0 Å². The largest absolute Gasteiger partial charge is 0.460 e. The van der Waals surface area contributed by atoms with E-state index < -0.39 is 37.3 Å². The van der Waals surface area contributed by atoms with E-state index in [1.165, 1.54) is 0 Å². The molecule has 1 aliphatic rings. The lowest BCUT2D eigenvalue weighted by atomic mass is 9.99. The van der Waals surface area contributed by atoms with E-state index in [0.717, 1.165) is 0 Å². The fourth-order valence-electron chi connectivity index (χ4n) is 1.83. The van der Waals surface area contributed by atoms with Gasteiger partial charge in [-0.3, -0.25) is 0 Å². The zero-order valence-corrected chi connectivity index (χ0v) is 10.6. The Kier molecular flexibility index (Phi) is 4.62. The smallest absolute Gasteiger partial charge is 0.229 e. The minimum Gasteiger partial charge on any atom is -0.460 e. The van der Waals surface area contributed by atoms with Gasteiger partial charge in [-0.05, 0) is 12.1 Å². The molecule has 0 unspecified atom stereocenters. The quantitative estimate of drug-likeness (QED) is 0.600. The summed E-state index contributed by atoms with van der Waals surface area (Å²) in [5, 5.41) is 38.4. The van der Waals surface area contributed by atoms with Crippen LogP contribution in [0.1, 0.15) is 0 Å². The summed E-state index contributed by atoms with van der Waals surface area (Å²) in [6, 6.07) is 6.57. The van der Waals surface area contributed by atoms with Gasteiger partial charge in [0.1, 0.15) is 30.2 Å². The topological polar surface area (TPSA) is 99.4 Å². The molecule has 0 aromatic heterocycles. The zero-order valence-electron chi connectivity index (χ0n) is 9.89. The maximum Gasteiger partial charge on any atom is 0.229 e. The van der Waals surface area contributed by atoms with Crippen molar-refractivity contribution < 1.29 is 29.9 Å². The predicted molar refractivity (Wildman–Crippen MR) is 65.8 cm³/mol. The predicted octanol–water partition coefficient (Wildman–Crippen LogP) is -0.481. The van der Waals surface area contributed by atoms with Crippen molar-refractivity contribution >= 4 is 11.6 Å². The Morgan fingerprint density at radius 1 is 1.11 bits per heavy atom. The van der Waals surface area contributed by atoms with Crippen LogP contribution in [-0.2, 0) is 4.74 Å². The minimum absolute atomic E-state index is 0.272. The first-order valence-electron chi connectivity index (χ1n) is 5.76. The summed E-state index contributed by atoms with van der Waals surface area (Å²) in [6.07, 6.45) is -6.57. The number of aliphatic hydroxyl groups excluding tert-OH is 4. The van der Waals surface area contributed by atoms with E-state index in [4.69, 9.17) is 26.2 Å². The Morgan fingerprint density at radius 2 is 1.79 bits per heavy atom. The van der Waals surface area contributed by atoms with Gasteiger partial charge in [0.05, 0.1) is 11.6 Å². The van der Waals surface area contributed by atoms with E-state index in [1.807, 2.05) is 0 Å². The lowest BCUT2D eigenvalue weighted by Gasteiger charge is -2.39. The number of aliphatic hydroxyl groups is 4. The summed E-state index contributed by atoms with van der Waals surface area (Å²) in [5.41, 5.74) is 0. The van der Waals surface area contributed by atoms with E-state index in [1.54, 1.807) is 24.3 Å². The van der Waals surface area contributed by atoms with Gasteiger partial charge >= 0.3 is 0 Å². The molecule has 1 aromatic rings. The number of hydrogen-bond donors (Lipinski definition) is 4. The van der Waals surface area contributed by atoms with Crippen LogP contribution in [0, 0.1) is 0 Å². The molecule has 1 fully saturated rings. The van der Waals surface area contributed by atoms with Gasteiger partial charge in [-0.15, -0.1) is 0 Å². The first-order chi connectivity index (χ1) is 9.04. The Bertz CT molecular complexity index is 426. The number of ether oxygens (including phenoxy) is 2. The van der Waals surface area contributed by atoms with Crippen LogP contribution >= 0.6 is 11.6 Å². The van der Waals surface area contributed by atoms with Crippen molar-refractivity contribution in [3.8, 4) is 5.75 Å². The SMILES string of the molecule is OC[C@H]1O[C@@H](Oc2ccccc2Cl)[C@H](O)[C@@H](O)[C@@H]1O. The van der Waals surface area contributed by atoms with Crippen LogP contribution in [-0.4, -0.2) is 57.7 Å². The lowest BCUT2D eigenvalue weighted by Crippen LogP contribution is -2.60. The third-order valence-electron chi connectivity index (χ3n) is 2.93. The summed E-state index contributed by atoms with van der Waals surface area (Å²) >= 11 is 5.90. The maximum atomic E-state index is 9.79. The van der Waals surface area contributed by atoms with Crippen LogP contribution in [0.3, 0.4) is 0 Å². The fraction of sp³-hybridized carbons (Fsp3) is 0.500. The molecule has 0 amide bonds. The van der Waals surface area contributed by atoms with Crippen molar-refractivity contribution in [1.82, 2.24) is 0 Å². The molecule has 0 saturated carbocycles. The normalized spacial score (nSPS) is 35.1. The molecular weight excluding hydrogens is 276 g/mol. The lowest BCUT2D eigenvalue weighted by molar-refractivity contribution is -0.277. The van der Waals surface area contributed by atoms with E-state index in [9.17, 15) is 15.3 Å². The standard InChI is InChI=1S/C12H15ClO6/c13-6-3-1-2-4-7(6)18-12-11(17)10(16)9(15)8(5-14)19-12/h1-4,8-12,14-17H,5H2/t8-,9-,10+,11-,12-/m1/s1. The molecule has 0 bridgehead atoms. The van der Waals surface area contributed by atoms with Gasteiger partial charge in [-0.2, -0.15) is 0 Å². The molecular formula is C12H15ClO6. The number of benzene rings is 1. The highest BCUT2D eigenvalue weighted by atomic mass is 35.5. The molecule has 0 spiro atoms. The van der Waals surface area contributed by atoms with Gasteiger partial charge in [0.15, 0.2) is 0 Å². The fourth-order valence-corrected chi connectivity index (χ4v) is 2.01. The highest BCUT2D eigenvalue weighted by Gasteiger charge is 2.44. The molecule has 5 atom stereocenters. The molecule has 2 rings (SSSR count). The van der Waals surface area contributed by atoms with Crippen LogP contribution in [0.4, 0.5) is 0 Å². The molecule has 0 radical (unpaired) electrons. The number of hydrogen-bond acceptors (Lipinski definition) is 6. The first kappa shape index (κ1) is 14.5. The molecule has 1 heterocycles. The van der Waals surface area contributed by atoms with Gasteiger partial charge in [-0.25, -0.2) is 0 Å². The Morgan fingerprint density at radius 3 is 2.42 bits per heavy atom. The van der Waals surface area contributed by atoms with Crippen molar-refractivity contribution in [3.05, 3.63) is 29.3 Å². The summed E-state index contributed by atoms with van der Waals surface area (Å²) in [4.78, 5) is 0. The molecule has 6 nitrogen and oxygen atoms in total. The van der Waals surface area contributed by atoms with Gasteiger partial charge in [-0.1, -0.05) is 23.7 Å². The zero-order chi connectivity index (χ0) is 14.0. The average Bonchev–Trinajstić information content (AvgIpc) is 2.41. The van der Waals surface area contributed by atoms with E-state index in [-0.39, 0.29) is 5.75 Å². The summed E-state index contributed by atoms with van der Waals surface area (Å²) in [7, 11) is 0. The second kappa shape index (κ2) is 6.04. The molecule has 1 aromatic carbocycles. The van der Waals surface area contributed by atoms with Gasteiger partial charge in [0.25, 0.3) is 0 Å². The molecule has 1 aliphatic heterocycles. The van der Waals surface area contributed by atoms with E-state index in [0.29, 0.717) is 5.02 Å². The molecule has 106 valence electrons. The van der Waals surface area contributed by atoms with Crippen LogP contribution in [0.15, 0.2) is 24.3 Å². The molecule has 7 heteroatoms. The van der Waals surface area contributed by atoms with Crippen LogP contribution in [0.2, 0.25) is 5.02 Å². The number of para-hydroxylation sites is 1. The van der Waals surface area contributed by atoms with Crippen LogP contribution in [0.5, 0.6) is 5.75 Å². The molecule has 4 N–H and O–H groups in total. The number of halogens is 1. The van der Waals surface area contributed by atoms with E-state index in [2.05, 4.69) is 0 Å².